The van der Waals surface area contributed by atoms with Crippen molar-refractivity contribution in [3.05, 3.63) is 58.1 Å². The monoisotopic (exact) mass is 382 g/mol. The highest BCUT2D eigenvalue weighted by Gasteiger charge is 2.13. The number of hydrogen-bond acceptors (Lipinski definition) is 3. The van der Waals surface area contributed by atoms with Crippen molar-refractivity contribution >= 4 is 34.9 Å². The van der Waals surface area contributed by atoms with Gasteiger partial charge in [0.05, 0.1) is 12.6 Å². The molecule has 0 fully saturated rings. The lowest BCUT2D eigenvalue weighted by Crippen LogP contribution is -2.31. The smallest absolute Gasteiger partial charge is 0.319 e. The Balaban J connectivity index is 1.89. The van der Waals surface area contributed by atoms with Crippen molar-refractivity contribution in [3.8, 4) is 5.75 Å². The molecule has 0 bridgehead atoms. The standard InChI is InChI=1S/C18H20Cl2N2O3/c1-12(16-8-3-13(19)11-17(16)20)21-18(23)22-14-4-6-15(7-5-14)25-10-9-24-2/h3-8,11-12H,9-10H2,1-2H3,(H2,21,22,23). The average molecular weight is 383 g/mol. The van der Waals surface area contributed by atoms with E-state index in [1.807, 2.05) is 6.92 Å². The van der Waals surface area contributed by atoms with Crippen LogP contribution in [0, 0.1) is 0 Å². The van der Waals surface area contributed by atoms with Gasteiger partial charge in [0, 0.05) is 22.8 Å². The fourth-order valence-electron chi connectivity index (χ4n) is 2.17. The first kappa shape index (κ1) is 19.4. The molecule has 1 atom stereocenters. The Kier molecular flexibility index (Phi) is 7.37. The predicted molar refractivity (Wildman–Crippen MR) is 101 cm³/mol. The third-order valence-electron chi connectivity index (χ3n) is 3.44. The molecule has 2 amide bonds. The second kappa shape index (κ2) is 9.51. The summed E-state index contributed by atoms with van der Waals surface area (Å²) in [6, 6.07) is 11.7. The molecule has 7 heteroatoms. The minimum Gasteiger partial charge on any atom is -0.491 e. The van der Waals surface area contributed by atoms with Gasteiger partial charge >= 0.3 is 6.03 Å². The van der Waals surface area contributed by atoms with Crippen LogP contribution < -0.4 is 15.4 Å². The van der Waals surface area contributed by atoms with Gasteiger partial charge in [0.15, 0.2) is 0 Å². The van der Waals surface area contributed by atoms with E-state index in [0.29, 0.717) is 34.7 Å². The van der Waals surface area contributed by atoms with Gasteiger partial charge in [-0.05, 0) is 48.9 Å². The van der Waals surface area contributed by atoms with Crippen molar-refractivity contribution in [2.24, 2.45) is 0 Å². The zero-order chi connectivity index (χ0) is 18.2. The maximum absolute atomic E-state index is 12.1. The first-order chi connectivity index (χ1) is 12.0. The maximum Gasteiger partial charge on any atom is 0.319 e. The Morgan fingerprint density at radius 1 is 1.12 bits per heavy atom. The molecule has 0 radical (unpaired) electrons. The number of anilines is 1. The molecule has 2 rings (SSSR count). The number of hydrogen-bond donors (Lipinski definition) is 2. The second-order valence-corrected chi connectivity index (χ2v) is 6.20. The molecule has 2 N–H and O–H groups in total. The molecule has 2 aromatic carbocycles. The van der Waals surface area contributed by atoms with E-state index >= 15 is 0 Å². The predicted octanol–water partition coefficient (Wildman–Crippen LogP) is 4.90. The summed E-state index contributed by atoms with van der Waals surface area (Å²) in [7, 11) is 1.62. The lowest BCUT2D eigenvalue weighted by Gasteiger charge is -2.16. The largest absolute Gasteiger partial charge is 0.491 e. The van der Waals surface area contributed by atoms with Crippen LogP contribution in [0.2, 0.25) is 10.0 Å². The number of methoxy groups -OCH3 is 1. The van der Waals surface area contributed by atoms with Crippen molar-refractivity contribution in [2.45, 2.75) is 13.0 Å². The summed E-state index contributed by atoms with van der Waals surface area (Å²) in [6.45, 7) is 2.85. The molecule has 0 aliphatic carbocycles. The summed E-state index contributed by atoms with van der Waals surface area (Å²) >= 11 is 12.0. The molecule has 0 heterocycles. The van der Waals surface area contributed by atoms with E-state index in [0.717, 1.165) is 5.56 Å². The quantitative estimate of drug-likeness (QED) is 0.669. The van der Waals surface area contributed by atoms with Crippen LogP contribution in [0.15, 0.2) is 42.5 Å². The highest BCUT2D eigenvalue weighted by Crippen LogP contribution is 2.26. The molecular formula is C18H20Cl2N2O3. The number of carbonyl (C=O) groups is 1. The van der Waals surface area contributed by atoms with E-state index in [9.17, 15) is 4.79 Å². The van der Waals surface area contributed by atoms with Gasteiger partial charge in [-0.1, -0.05) is 29.3 Å². The number of urea groups is 1. The number of carbonyl (C=O) groups excluding carboxylic acids is 1. The molecule has 0 aliphatic heterocycles. The molecule has 1 unspecified atom stereocenters. The number of benzene rings is 2. The Hall–Kier alpha value is -1.95. The van der Waals surface area contributed by atoms with Crippen LogP contribution in [0.1, 0.15) is 18.5 Å². The zero-order valence-electron chi connectivity index (χ0n) is 14.0. The summed E-state index contributed by atoms with van der Waals surface area (Å²) in [4.78, 5) is 12.1. The Morgan fingerprint density at radius 3 is 2.48 bits per heavy atom. The van der Waals surface area contributed by atoms with E-state index in [4.69, 9.17) is 32.7 Å². The summed E-state index contributed by atoms with van der Waals surface area (Å²) in [5.41, 5.74) is 1.45. The molecule has 25 heavy (non-hydrogen) atoms. The van der Waals surface area contributed by atoms with Crippen LogP contribution in [-0.2, 0) is 4.74 Å². The number of halogens is 2. The van der Waals surface area contributed by atoms with E-state index < -0.39 is 0 Å². The minimum absolute atomic E-state index is 0.263. The molecule has 0 saturated carbocycles. The molecule has 0 saturated heterocycles. The van der Waals surface area contributed by atoms with Crippen molar-refractivity contribution in [1.29, 1.82) is 0 Å². The topological polar surface area (TPSA) is 59.6 Å². The Labute approximate surface area is 157 Å². The lowest BCUT2D eigenvalue weighted by molar-refractivity contribution is 0.146. The molecule has 0 spiro atoms. The summed E-state index contributed by atoms with van der Waals surface area (Å²) in [5, 5.41) is 6.67. The summed E-state index contributed by atoms with van der Waals surface area (Å²) in [5.74, 6) is 0.712. The number of amides is 2. The maximum atomic E-state index is 12.1. The molecule has 0 aliphatic rings. The molecule has 134 valence electrons. The molecule has 0 aromatic heterocycles. The minimum atomic E-state index is -0.327. The number of ether oxygens (including phenoxy) is 2. The van der Waals surface area contributed by atoms with Gasteiger partial charge in [-0.15, -0.1) is 0 Å². The van der Waals surface area contributed by atoms with Crippen LogP contribution in [0.5, 0.6) is 5.75 Å². The first-order valence-corrected chi connectivity index (χ1v) is 8.49. The van der Waals surface area contributed by atoms with Crippen molar-refractivity contribution < 1.29 is 14.3 Å². The van der Waals surface area contributed by atoms with Crippen LogP contribution in [0.3, 0.4) is 0 Å². The average Bonchev–Trinajstić information content (AvgIpc) is 2.56. The fourth-order valence-corrected chi connectivity index (χ4v) is 2.74. The van der Waals surface area contributed by atoms with E-state index in [2.05, 4.69) is 10.6 Å². The number of nitrogens with one attached hydrogen (secondary N) is 2. The highest BCUT2D eigenvalue weighted by atomic mass is 35.5. The van der Waals surface area contributed by atoms with Crippen molar-refractivity contribution in [3.63, 3.8) is 0 Å². The Morgan fingerprint density at radius 2 is 1.84 bits per heavy atom. The third kappa shape index (κ3) is 6.12. The van der Waals surface area contributed by atoms with Gasteiger partial charge in [-0.2, -0.15) is 0 Å². The van der Waals surface area contributed by atoms with Crippen LogP contribution >= 0.6 is 23.2 Å². The fraction of sp³-hybridized carbons (Fsp3) is 0.278. The third-order valence-corrected chi connectivity index (χ3v) is 4.01. The van der Waals surface area contributed by atoms with Crippen molar-refractivity contribution in [2.75, 3.05) is 25.6 Å². The van der Waals surface area contributed by atoms with Crippen LogP contribution in [-0.4, -0.2) is 26.4 Å². The summed E-state index contributed by atoms with van der Waals surface area (Å²) in [6.07, 6.45) is 0. The number of rotatable bonds is 7. The molecule has 2 aromatic rings. The molecule has 5 nitrogen and oxygen atoms in total. The van der Waals surface area contributed by atoms with Gasteiger partial charge in [0.25, 0.3) is 0 Å². The lowest BCUT2D eigenvalue weighted by atomic mass is 10.1. The van der Waals surface area contributed by atoms with E-state index in [-0.39, 0.29) is 12.1 Å². The summed E-state index contributed by atoms with van der Waals surface area (Å²) < 4.78 is 10.4. The highest BCUT2D eigenvalue weighted by molar-refractivity contribution is 6.35. The van der Waals surface area contributed by atoms with Gasteiger partial charge in [0.1, 0.15) is 12.4 Å². The second-order valence-electron chi connectivity index (χ2n) is 5.35. The first-order valence-electron chi connectivity index (χ1n) is 7.74. The SMILES string of the molecule is COCCOc1ccc(NC(=O)NC(C)c2ccc(Cl)cc2Cl)cc1. The molecular weight excluding hydrogens is 363 g/mol. The van der Waals surface area contributed by atoms with Gasteiger partial charge in [-0.3, -0.25) is 0 Å². The van der Waals surface area contributed by atoms with E-state index in [1.165, 1.54) is 0 Å². The zero-order valence-corrected chi connectivity index (χ0v) is 15.5. The van der Waals surface area contributed by atoms with Gasteiger partial charge in [-0.25, -0.2) is 4.79 Å². The normalized spacial score (nSPS) is 11.7. The van der Waals surface area contributed by atoms with Gasteiger partial charge < -0.3 is 20.1 Å². The van der Waals surface area contributed by atoms with Crippen LogP contribution in [0.4, 0.5) is 10.5 Å². The van der Waals surface area contributed by atoms with E-state index in [1.54, 1.807) is 49.6 Å². The van der Waals surface area contributed by atoms with Gasteiger partial charge in [0.2, 0.25) is 0 Å². The van der Waals surface area contributed by atoms with Crippen LogP contribution in [0.25, 0.3) is 0 Å². The Bertz CT molecular complexity index is 708. The van der Waals surface area contributed by atoms with Crippen molar-refractivity contribution in [1.82, 2.24) is 5.32 Å².